The summed E-state index contributed by atoms with van der Waals surface area (Å²) in [6, 6.07) is 2.78. The van der Waals surface area contributed by atoms with Gasteiger partial charge < -0.3 is 14.0 Å². The van der Waals surface area contributed by atoms with Crippen LogP contribution in [0.2, 0.25) is 0 Å². The third kappa shape index (κ3) is 2.49. The van der Waals surface area contributed by atoms with Crippen molar-refractivity contribution in [2.24, 2.45) is 0 Å². The van der Waals surface area contributed by atoms with E-state index in [0.717, 1.165) is 6.20 Å². The molecule has 22 heavy (non-hydrogen) atoms. The summed E-state index contributed by atoms with van der Waals surface area (Å²) in [5, 5.41) is 4.55. The van der Waals surface area contributed by atoms with Crippen molar-refractivity contribution >= 4 is 11.3 Å². The topological polar surface area (TPSA) is 83.2 Å². The van der Waals surface area contributed by atoms with Crippen LogP contribution in [0.25, 0.3) is 22.3 Å². The molecule has 0 aromatic carbocycles. The van der Waals surface area contributed by atoms with Gasteiger partial charge in [0.05, 0.1) is 25.6 Å². The Bertz CT molecular complexity index is 783. The Kier molecular flexibility index (Phi) is 3.37. The maximum absolute atomic E-state index is 12.9. The fourth-order valence-electron chi connectivity index (χ4n) is 1.93. The number of ether oxygens (including phenoxy) is 2. The van der Waals surface area contributed by atoms with Crippen LogP contribution in [0.3, 0.4) is 0 Å². The van der Waals surface area contributed by atoms with Gasteiger partial charge in [0.15, 0.2) is 0 Å². The van der Waals surface area contributed by atoms with Crippen molar-refractivity contribution in [1.29, 1.82) is 0 Å². The fraction of sp³-hybridized carbons (Fsp3) is 0.231. The SMILES string of the molecule is Fc1ccc(-c2noc(-c3cnc(C4OCCO4)s3)n2)nc1. The minimum Gasteiger partial charge on any atom is -0.344 e. The Labute approximate surface area is 127 Å². The number of rotatable bonds is 3. The Morgan fingerprint density at radius 1 is 1.14 bits per heavy atom. The first-order chi connectivity index (χ1) is 10.8. The monoisotopic (exact) mass is 320 g/mol. The molecule has 4 heterocycles. The van der Waals surface area contributed by atoms with Gasteiger partial charge >= 0.3 is 0 Å². The van der Waals surface area contributed by atoms with Gasteiger partial charge in [-0.2, -0.15) is 4.98 Å². The van der Waals surface area contributed by atoms with E-state index < -0.39 is 12.1 Å². The van der Waals surface area contributed by atoms with Gasteiger partial charge in [0.1, 0.15) is 21.4 Å². The van der Waals surface area contributed by atoms with Crippen molar-refractivity contribution in [3.8, 4) is 22.3 Å². The second-order valence-electron chi connectivity index (χ2n) is 4.42. The molecule has 1 fully saturated rings. The highest BCUT2D eigenvalue weighted by molar-refractivity contribution is 7.15. The molecule has 3 aromatic rings. The first-order valence-electron chi connectivity index (χ1n) is 6.44. The molecule has 0 saturated carbocycles. The first-order valence-corrected chi connectivity index (χ1v) is 7.26. The van der Waals surface area contributed by atoms with Crippen LogP contribution in [0.1, 0.15) is 11.3 Å². The summed E-state index contributed by atoms with van der Waals surface area (Å²) in [7, 11) is 0. The molecule has 0 bridgehead atoms. The molecule has 0 unspecified atom stereocenters. The highest BCUT2D eigenvalue weighted by atomic mass is 32.1. The van der Waals surface area contributed by atoms with Crippen molar-refractivity contribution in [3.05, 3.63) is 35.4 Å². The lowest BCUT2D eigenvalue weighted by Crippen LogP contribution is -1.95. The smallest absolute Gasteiger partial charge is 0.270 e. The van der Waals surface area contributed by atoms with Gasteiger partial charge in [-0.05, 0) is 12.1 Å². The summed E-state index contributed by atoms with van der Waals surface area (Å²) < 4.78 is 28.8. The van der Waals surface area contributed by atoms with Crippen molar-refractivity contribution in [1.82, 2.24) is 20.1 Å². The molecule has 112 valence electrons. The Balaban J connectivity index is 1.59. The number of pyridine rings is 1. The van der Waals surface area contributed by atoms with Crippen LogP contribution in [0, 0.1) is 5.82 Å². The van der Waals surface area contributed by atoms with E-state index in [4.69, 9.17) is 14.0 Å². The number of thiazole rings is 1. The van der Waals surface area contributed by atoms with Crippen LogP contribution < -0.4 is 0 Å². The molecule has 4 rings (SSSR count). The molecule has 0 spiro atoms. The second-order valence-corrected chi connectivity index (χ2v) is 5.48. The van der Waals surface area contributed by atoms with Crippen molar-refractivity contribution in [2.75, 3.05) is 13.2 Å². The normalized spacial score (nSPS) is 15.5. The maximum Gasteiger partial charge on any atom is 0.270 e. The predicted molar refractivity (Wildman–Crippen MR) is 73.2 cm³/mol. The summed E-state index contributed by atoms with van der Waals surface area (Å²) in [6.45, 7) is 1.11. The van der Waals surface area contributed by atoms with Crippen LogP contribution in [0.15, 0.2) is 29.0 Å². The number of aromatic nitrogens is 4. The Morgan fingerprint density at radius 3 is 2.77 bits per heavy atom. The third-order valence-electron chi connectivity index (χ3n) is 2.94. The molecular formula is C13H9FN4O3S. The summed E-state index contributed by atoms with van der Waals surface area (Å²) in [4.78, 5) is 13.1. The number of hydrogen-bond acceptors (Lipinski definition) is 8. The standard InChI is InChI=1S/C13H9FN4O3S/c14-7-1-2-8(15-5-7)10-17-11(21-18-10)9-6-16-12(22-9)13-19-3-4-20-13/h1-2,5-6,13H,3-4H2. The largest absolute Gasteiger partial charge is 0.344 e. The zero-order chi connectivity index (χ0) is 14.9. The summed E-state index contributed by atoms with van der Waals surface area (Å²) in [5.41, 5.74) is 0.434. The summed E-state index contributed by atoms with van der Waals surface area (Å²) in [6.07, 6.45) is 2.30. The molecule has 0 N–H and O–H groups in total. The minimum absolute atomic E-state index is 0.290. The second kappa shape index (κ2) is 5.52. The van der Waals surface area contributed by atoms with E-state index in [1.165, 1.54) is 23.5 Å². The van der Waals surface area contributed by atoms with Gasteiger partial charge in [-0.15, -0.1) is 11.3 Å². The van der Waals surface area contributed by atoms with E-state index >= 15 is 0 Å². The van der Waals surface area contributed by atoms with Crippen molar-refractivity contribution in [3.63, 3.8) is 0 Å². The average Bonchev–Trinajstić information content (AvgIpc) is 3.27. The molecule has 0 atom stereocenters. The van der Waals surface area contributed by atoms with Crippen molar-refractivity contribution in [2.45, 2.75) is 6.29 Å². The molecule has 7 nitrogen and oxygen atoms in total. The zero-order valence-corrected chi connectivity index (χ0v) is 11.9. The molecular weight excluding hydrogens is 311 g/mol. The first kappa shape index (κ1) is 13.4. The highest BCUT2D eigenvalue weighted by Gasteiger charge is 2.23. The number of hydrogen-bond donors (Lipinski definition) is 0. The number of halogens is 1. The van der Waals surface area contributed by atoms with E-state index in [-0.39, 0.29) is 0 Å². The molecule has 1 saturated heterocycles. The van der Waals surface area contributed by atoms with Gasteiger partial charge in [0.2, 0.25) is 12.1 Å². The van der Waals surface area contributed by atoms with E-state index in [1.54, 1.807) is 6.20 Å². The molecule has 1 aliphatic heterocycles. The van der Waals surface area contributed by atoms with Crippen LogP contribution in [0.4, 0.5) is 4.39 Å². The van der Waals surface area contributed by atoms with Gasteiger partial charge in [-0.3, -0.25) is 0 Å². The van der Waals surface area contributed by atoms with Gasteiger partial charge in [-0.1, -0.05) is 5.16 Å². The molecule has 0 amide bonds. The maximum atomic E-state index is 12.9. The number of nitrogens with zero attached hydrogens (tertiary/aromatic N) is 4. The summed E-state index contributed by atoms with van der Waals surface area (Å²) >= 11 is 1.36. The lowest BCUT2D eigenvalue weighted by atomic mass is 10.3. The molecule has 9 heteroatoms. The van der Waals surface area contributed by atoms with E-state index in [2.05, 4.69) is 20.1 Å². The van der Waals surface area contributed by atoms with Gasteiger partial charge in [0, 0.05) is 0 Å². The third-order valence-corrected chi connectivity index (χ3v) is 3.95. The van der Waals surface area contributed by atoms with Crippen LogP contribution >= 0.6 is 11.3 Å². The molecule has 3 aromatic heterocycles. The highest BCUT2D eigenvalue weighted by Crippen LogP contribution is 2.32. The molecule has 0 aliphatic carbocycles. The van der Waals surface area contributed by atoms with Gasteiger partial charge in [0.25, 0.3) is 5.89 Å². The van der Waals surface area contributed by atoms with E-state index in [1.807, 2.05) is 0 Å². The molecule has 1 aliphatic rings. The van der Waals surface area contributed by atoms with Gasteiger partial charge in [-0.25, -0.2) is 14.4 Å². The average molecular weight is 320 g/mol. The lowest BCUT2D eigenvalue weighted by molar-refractivity contribution is -0.0442. The van der Waals surface area contributed by atoms with E-state index in [9.17, 15) is 4.39 Å². The predicted octanol–water partition coefficient (Wildman–Crippen LogP) is 2.44. The van der Waals surface area contributed by atoms with Crippen LogP contribution in [-0.2, 0) is 9.47 Å². The lowest BCUT2D eigenvalue weighted by Gasteiger charge is -2.02. The zero-order valence-electron chi connectivity index (χ0n) is 11.1. The Hall–Kier alpha value is -2.23. The fourth-order valence-corrected chi connectivity index (χ4v) is 2.77. The van der Waals surface area contributed by atoms with Crippen molar-refractivity contribution < 1.29 is 18.4 Å². The van der Waals surface area contributed by atoms with Crippen LogP contribution in [0.5, 0.6) is 0 Å². The van der Waals surface area contributed by atoms with E-state index in [0.29, 0.717) is 40.5 Å². The quantitative estimate of drug-likeness (QED) is 0.733. The Morgan fingerprint density at radius 2 is 2.00 bits per heavy atom. The van der Waals surface area contributed by atoms with Crippen LogP contribution in [-0.4, -0.2) is 33.3 Å². The summed E-state index contributed by atoms with van der Waals surface area (Å²) in [5.74, 6) is 0.192. The molecule has 0 radical (unpaired) electrons. The minimum atomic E-state index is -0.431.